The molecule has 4 nitrogen and oxygen atoms in total. The van der Waals surface area contributed by atoms with E-state index < -0.39 is 12.1 Å². The lowest BCUT2D eigenvalue weighted by Gasteiger charge is -2.41. The van der Waals surface area contributed by atoms with Crippen molar-refractivity contribution in [2.24, 2.45) is 0 Å². The molecule has 2 heterocycles. The van der Waals surface area contributed by atoms with Crippen LogP contribution in [0.25, 0.3) is 0 Å². The average molecular weight is 284 g/mol. The Morgan fingerprint density at radius 3 is 2.62 bits per heavy atom. The van der Waals surface area contributed by atoms with Gasteiger partial charge in [-0.15, -0.1) is 0 Å². The Balaban J connectivity index is 1.96. The molecule has 0 N–H and O–H groups in total. The van der Waals surface area contributed by atoms with Gasteiger partial charge >= 0.3 is 0 Å². The Morgan fingerprint density at radius 2 is 1.76 bits per heavy atom. The van der Waals surface area contributed by atoms with E-state index >= 15 is 0 Å². The van der Waals surface area contributed by atoms with Crippen LogP contribution in [0.3, 0.4) is 0 Å². The highest BCUT2D eigenvalue weighted by Gasteiger charge is 2.50. The first-order valence-corrected chi connectivity index (χ1v) is 7.06. The molecular weight excluding hydrogens is 268 g/mol. The Morgan fingerprint density at radius 1 is 1.00 bits per heavy atom. The summed E-state index contributed by atoms with van der Waals surface area (Å²) in [4.78, 5) is 10.9. The number of hydrogen-bond acceptors (Lipinski definition) is 4. The fourth-order valence-corrected chi connectivity index (χ4v) is 3.04. The Bertz CT molecular complexity index is 642. The second-order valence-corrected chi connectivity index (χ2v) is 5.33. The van der Waals surface area contributed by atoms with Crippen LogP contribution >= 0.6 is 0 Å². The molecule has 2 aromatic rings. The fourth-order valence-electron chi connectivity index (χ4n) is 3.04. The van der Waals surface area contributed by atoms with Crippen molar-refractivity contribution in [3.63, 3.8) is 0 Å². The van der Waals surface area contributed by atoms with Crippen molar-refractivity contribution in [2.75, 3.05) is 6.79 Å². The summed E-state index contributed by atoms with van der Waals surface area (Å²) < 4.78 is 11.8. The molecule has 0 unspecified atom stereocenters. The monoisotopic (exact) mass is 284 g/mol. The molecule has 3 atom stereocenters. The molecule has 0 spiro atoms. The van der Waals surface area contributed by atoms with Gasteiger partial charge in [-0.3, -0.25) is 0 Å². The summed E-state index contributed by atoms with van der Waals surface area (Å²) in [7, 11) is 0. The van der Waals surface area contributed by atoms with E-state index in [0.29, 0.717) is 0 Å². The van der Waals surface area contributed by atoms with Gasteiger partial charge < -0.3 is 9.47 Å². The van der Waals surface area contributed by atoms with Crippen molar-refractivity contribution < 1.29 is 19.2 Å². The van der Waals surface area contributed by atoms with E-state index in [0.717, 1.165) is 16.7 Å². The van der Waals surface area contributed by atoms with Crippen LogP contribution in [0, 0.1) is 0 Å². The first-order valence-electron chi connectivity index (χ1n) is 7.06. The minimum absolute atomic E-state index is 0.0532. The summed E-state index contributed by atoms with van der Waals surface area (Å²) in [5.74, 6) is -0.964. The molecular formula is C17H16O4. The third-order valence-electron chi connectivity index (χ3n) is 4.11. The zero-order valence-corrected chi connectivity index (χ0v) is 11.7. The molecule has 0 saturated carbocycles. The molecule has 2 aromatic carbocycles. The van der Waals surface area contributed by atoms with Gasteiger partial charge in [-0.25, -0.2) is 4.89 Å². The van der Waals surface area contributed by atoms with Gasteiger partial charge in [0.05, 0.1) is 0 Å². The van der Waals surface area contributed by atoms with Crippen molar-refractivity contribution in [1.29, 1.82) is 0 Å². The van der Waals surface area contributed by atoms with Gasteiger partial charge in [-0.1, -0.05) is 61.5 Å². The van der Waals surface area contributed by atoms with Crippen LogP contribution in [0.15, 0.2) is 54.6 Å². The first kappa shape index (κ1) is 13.0. The maximum atomic E-state index is 6.19. The third kappa shape index (κ3) is 1.92. The van der Waals surface area contributed by atoms with Gasteiger partial charge in [0.25, 0.3) is 5.79 Å². The highest BCUT2D eigenvalue weighted by atomic mass is 17.3. The van der Waals surface area contributed by atoms with Gasteiger partial charge in [0, 0.05) is 17.0 Å². The number of rotatable bonds is 1. The van der Waals surface area contributed by atoms with Crippen molar-refractivity contribution in [2.45, 2.75) is 24.9 Å². The molecule has 1 saturated heterocycles. The second kappa shape index (κ2) is 4.93. The van der Waals surface area contributed by atoms with Crippen LogP contribution in [0.5, 0.6) is 0 Å². The molecule has 2 aliphatic rings. The van der Waals surface area contributed by atoms with Crippen LogP contribution in [-0.2, 0) is 25.0 Å². The largest absolute Gasteiger partial charge is 0.323 e. The molecule has 0 amide bonds. The lowest BCUT2D eigenvalue weighted by molar-refractivity contribution is -0.415. The molecule has 0 aromatic heterocycles. The normalized spacial score (nSPS) is 31.3. The van der Waals surface area contributed by atoms with Crippen LogP contribution < -0.4 is 0 Å². The van der Waals surface area contributed by atoms with E-state index in [1.54, 1.807) is 0 Å². The fraction of sp³-hybridized carbons (Fsp3) is 0.294. The minimum Gasteiger partial charge on any atom is -0.323 e. The van der Waals surface area contributed by atoms with Crippen molar-refractivity contribution in [3.05, 3.63) is 71.3 Å². The third-order valence-corrected chi connectivity index (χ3v) is 4.11. The summed E-state index contributed by atoms with van der Waals surface area (Å²) in [6, 6.07) is 17.9. The number of fused-ring (bicyclic) bond motifs is 4. The summed E-state index contributed by atoms with van der Waals surface area (Å²) in [5, 5.41) is 0. The molecule has 108 valence electrons. The molecule has 21 heavy (non-hydrogen) atoms. The standard InChI is InChI=1S/C17H16O4/c1-12-14-9-5-6-10-15(14)17(13-7-3-2-4-8-13)20-16(12)18-11-19-21-17/h2-10,12,16H,11H2,1H3/t12-,16-,17-/m0/s1. The maximum absolute atomic E-state index is 6.19. The Labute approximate surface area is 123 Å². The first-order chi connectivity index (χ1) is 10.3. The van der Waals surface area contributed by atoms with E-state index in [2.05, 4.69) is 13.0 Å². The van der Waals surface area contributed by atoms with E-state index in [-0.39, 0.29) is 12.7 Å². The Kier molecular flexibility index (Phi) is 3.05. The molecule has 2 aliphatic heterocycles. The second-order valence-electron chi connectivity index (χ2n) is 5.33. The summed E-state index contributed by atoms with van der Waals surface area (Å²) in [6.45, 7) is 2.14. The molecule has 4 heteroatoms. The minimum atomic E-state index is -1.08. The SMILES string of the molecule is C[C@H]1c2ccccc2[C@]2(c3ccccc3)OOCO[C@H]1O2. The smallest absolute Gasteiger partial charge is 0.256 e. The summed E-state index contributed by atoms with van der Waals surface area (Å²) in [5.41, 5.74) is 3.01. The van der Waals surface area contributed by atoms with E-state index in [1.807, 2.05) is 48.5 Å². The van der Waals surface area contributed by atoms with E-state index in [1.165, 1.54) is 0 Å². The van der Waals surface area contributed by atoms with Gasteiger partial charge in [-0.05, 0) is 5.56 Å². The zero-order valence-electron chi connectivity index (χ0n) is 11.7. The van der Waals surface area contributed by atoms with Crippen LogP contribution in [0.1, 0.15) is 29.5 Å². The van der Waals surface area contributed by atoms with Gasteiger partial charge in [0.15, 0.2) is 13.1 Å². The highest BCUT2D eigenvalue weighted by molar-refractivity contribution is 5.42. The highest BCUT2D eigenvalue weighted by Crippen LogP contribution is 2.47. The topological polar surface area (TPSA) is 36.9 Å². The maximum Gasteiger partial charge on any atom is 0.256 e. The van der Waals surface area contributed by atoms with Crippen molar-refractivity contribution in [3.8, 4) is 0 Å². The van der Waals surface area contributed by atoms with Gasteiger partial charge in [-0.2, -0.15) is 4.89 Å². The number of hydrogen-bond donors (Lipinski definition) is 0. The van der Waals surface area contributed by atoms with Crippen LogP contribution in [-0.4, -0.2) is 13.1 Å². The predicted molar refractivity (Wildman–Crippen MR) is 75.1 cm³/mol. The van der Waals surface area contributed by atoms with E-state index in [9.17, 15) is 0 Å². The quantitative estimate of drug-likeness (QED) is 0.753. The van der Waals surface area contributed by atoms with Gasteiger partial charge in [0.2, 0.25) is 0 Å². The molecule has 0 radical (unpaired) electrons. The van der Waals surface area contributed by atoms with Crippen LogP contribution in [0.2, 0.25) is 0 Å². The van der Waals surface area contributed by atoms with E-state index in [4.69, 9.17) is 19.2 Å². The lowest BCUT2D eigenvalue weighted by Crippen LogP contribution is -2.43. The molecule has 1 fully saturated rings. The predicted octanol–water partition coefficient (Wildman–Crippen LogP) is 3.28. The number of benzene rings is 2. The van der Waals surface area contributed by atoms with Crippen LogP contribution in [0.4, 0.5) is 0 Å². The lowest BCUT2D eigenvalue weighted by atomic mass is 9.84. The zero-order chi connectivity index (χ0) is 14.3. The Hall–Kier alpha value is -1.72. The molecule has 0 aliphatic carbocycles. The van der Waals surface area contributed by atoms with Crippen molar-refractivity contribution in [1.82, 2.24) is 0 Å². The summed E-state index contributed by atoms with van der Waals surface area (Å²) >= 11 is 0. The molecule has 4 rings (SSSR count). The van der Waals surface area contributed by atoms with Crippen molar-refractivity contribution >= 4 is 0 Å². The van der Waals surface area contributed by atoms with Gasteiger partial charge in [0.1, 0.15) is 0 Å². The average Bonchev–Trinajstić information content (AvgIpc) is 2.76. The number of ether oxygens (including phenoxy) is 2. The summed E-state index contributed by atoms with van der Waals surface area (Å²) in [6.07, 6.45) is -0.400. The molecule has 2 bridgehead atoms.